The van der Waals surface area contributed by atoms with Crippen LogP contribution in [0.25, 0.3) is 5.69 Å². The first-order valence-corrected chi connectivity index (χ1v) is 10.8. The Labute approximate surface area is 181 Å². The van der Waals surface area contributed by atoms with Crippen molar-refractivity contribution in [3.05, 3.63) is 52.6 Å². The SMILES string of the molecule is COc1ccc(C)cc1-n1nnnc1SCCCC(=O)Nc1c(C)cc(C)cc1C. The number of nitrogens with zero attached hydrogens (tertiary/aromatic N) is 4. The van der Waals surface area contributed by atoms with E-state index in [0.29, 0.717) is 17.3 Å². The van der Waals surface area contributed by atoms with Gasteiger partial charge in [-0.15, -0.1) is 5.10 Å². The van der Waals surface area contributed by atoms with Crippen LogP contribution >= 0.6 is 11.8 Å². The summed E-state index contributed by atoms with van der Waals surface area (Å²) in [5, 5.41) is 15.8. The molecule has 1 heterocycles. The summed E-state index contributed by atoms with van der Waals surface area (Å²) < 4.78 is 7.12. The van der Waals surface area contributed by atoms with Crippen molar-refractivity contribution >= 4 is 23.4 Å². The Bertz CT molecular complexity index is 1020. The predicted octanol–water partition coefficient (Wildman–Crippen LogP) is 4.42. The molecule has 7 nitrogen and oxygen atoms in total. The lowest BCUT2D eigenvalue weighted by Crippen LogP contribution is -2.13. The summed E-state index contributed by atoms with van der Waals surface area (Å²) in [6, 6.07) is 10.0. The monoisotopic (exact) mass is 425 g/mol. The first-order chi connectivity index (χ1) is 14.4. The highest BCUT2D eigenvalue weighted by Gasteiger charge is 2.14. The van der Waals surface area contributed by atoms with Crippen molar-refractivity contribution in [3.8, 4) is 11.4 Å². The molecule has 0 unspecified atom stereocenters. The van der Waals surface area contributed by atoms with Gasteiger partial charge in [-0.2, -0.15) is 4.68 Å². The standard InChI is InChI=1S/C22H27N5O2S/c1-14-8-9-19(29-5)18(13-14)27-22(24-25-26-27)30-10-6-7-20(28)23-21-16(3)11-15(2)12-17(21)4/h8-9,11-13H,6-7,10H2,1-5H3,(H,23,28). The van der Waals surface area contributed by atoms with E-state index in [9.17, 15) is 4.79 Å². The molecule has 0 radical (unpaired) electrons. The Hall–Kier alpha value is -2.87. The smallest absolute Gasteiger partial charge is 0.224 e. The average Bonchev–Trinajstić information content (AvgIpc) is 3.16. The molecule has 1 amide bonds. The van der Waals surface area contributed by atoms with Gasteiger partial charge in [0, 0.05) is 17.9 Å². The molecule has 0 aliphatic heterocycles. The zero-order valence-corrected chi connectivity index (χ0v) is 18.8. The molecule has 2 aromatic carbocycles. The average molecular weight is 426 g/mol. The maximum Gasteiger partial charge on any atom is 0.224 e. The number of aromatic nitrogens is 4. The number of thioether (sulfide) groups is 1. The lowest BCUT2D eigenvalue weighted by Gasteiger charge is -2.13. The first kappa shape index (κ1) is 21.8. The third-order valence-corrected chi connectivity index (χ3v) is 5.73. The van der Waals surface area contributed by atoms with Gasteiger partial charge in [0.25, 0.3) is 0 Å². The topological polar surface area (TPSA) is 81.9 Å². The number of hydrogen-bond acceptors (Lipinski definition) is 6. The number of anilines is 1. The van der Waals surface area contributed by atoms with Gasteiger partial charge in [0.05, 0.1) is 7.11 Å². The molecule has 1 N–H and O–H groups in total. The normalized spacial score (nSPS) is 10.8. The fourth-order valence-corrected chi connectivity index (χ4v) is 4.18. The molecule has 0 bridgehead atoms. The highest BCUT2D eigenvalue weighted by atomic mass is 32.2. The predicted molar refractivity (Wildman–Crippen MR) is 120 cm³/mol. The summed E-state index contributed by atoms with van der Waals surface area (Å²) in [7, 11) is 1.63. The molecule has 0 saturated heterocycles. The fourth-order valence-electron chi connectivity index (χ4n) is 3.36. The van der Waals surface area contributed by atoms with Crippen LogP contribution in [0.2, 0.25) is 0 Å². The molecule has 30 heavy (non-hydrogen) atoms. The number of amides is 1. The Morgan fingerprint density at radius 2 is 1.83 bits per heavy atom. The highest BCUT2D eigenvalue weighted by Crippen LogP contribution is 2.27. The second-order valence-corrected chi connectivity index (χ2v) is 8.38. The maximum atomic E-state index is 12.4. The molecular weight excluding hydrogens is 398 g/mol. The third-order valence-electron chi connectivity index (χ3n) is 4.72. The molecular formula is C22H27N5O2S. The summed E-state index contributed by atoms with van der Waals surface area (Å²) in [6.07, 6.45) is 1.16. The Kier molecular flexibility index (Phi) is 7.10. The van der Waals surface area contributed by atoms with Gasteiger partial charge in [0.15, 0.2) is 0 Å². The molecule has 0 atom stereocenters. The largest absolute Gasteiger partial charge is 0.494 e. The van der Waals surface area contributed by atoms with Crippen molar-refractivity contribution < 1.29 is 9.53 Å². The van der Waals surface area contributed by atoms with E-state index in [2.05, 4.69) is 39.9 Å². The fraction of sp³-hybridized carbons (Fsp3) is 0.364. The minimum absolute atomic E-state index is 0.0191. The number of carbonyl (C=O) groups is 1. The van der Waals surface area contributed by atoms with Crippen molar-refractivity contribution in [1.29, 1.82) is 0 Å². The van der Waals surface area contributed by atoms with Gasteiger partial charge in [-0.25, -0.2) is 0 Å². The van der Waals surface area contributed by atoms with Crippen LogP contribution in [-0.2, 0) is 4.79 Å². The van der Waals surface area contributed by atoms with Crippen LogP contribution in [-0.4, -0.2) is 39.0 Å². The van der Waals surface area contributed by atoms with Crippen molar-refractivity contribution in [2.45, 2.75) is 45.7 Å². The Morgan fingerprint density at radius 3 is 2.53 bits per heavy atom. The number of tetrazole rings is 1. The van der Waals surface area contributed by atoms with Crippen LogP contribution in [0.1, 0.15) is 35.1 Å². The summed E-state index contributed by atoms with van der Waals surface area (Å²) >= 11 is 1.52. The van der Waals surface area contributed by atoms with E-state index < -0.39 is 0 Å². The minimum atomic E-state index is 0.0191. The number of benzene rings is 2. The van der Waals surface area contributed by atoms with Crippen LogP contribution in [0.15, 0.2) is 35.5 Å². The lowest BCUT2D eigenvalue weighted by atomic mass is 10.0. The number of nitrogens with one attached hydrogen (secondary N) is 1. The van der Waals surface area contributed by atoms with Crippen molar-refractivity contribution in [1.82, 2.24) is 20.2 Å². The summed E-state index contributed by atoms with van der Waals surface area (Å²) in [4.78, 5) is 12.4. The van der Waals surface area contributed by atoms with E-state index in [-0.39, 0.29) is 5.91 Å². The number of methoxy groups -OCH3 is 1. The zero-order valence-electron chi connectivity index (χ0n) is 18.0. The van der Waals surface area contributed by atoms with Gasteiger partial charge in [-0.3, -0.25) is 4.79 Å². The number of aryl methyl sites for hydroxylation is 4. The van der Waals surface area contributed by atoms with Gasteiger partial charge in [-0.05, 0) is 73.4 Å². The lowest BCUT2D eigenvalue weighted by molar-refractivity contribution is -0.116. The van der Waals surface area contributed by atoms with Crippen LogP contribution in [0, 0.1) is 27.7 Å². The van der Waals surface area contributed by atoms with Crippen molar-refractivity contribution in [2.24, 2.45) is 0 Å². The highest BCUT2D eigenvalue weighted by molar-refractivity contribution is 7.99. The third kappa shape index (κ3) is 5.18. The Morgan fingerprint density at radius 1 is 1.10 bits per heavy atom. The second-order valence-electron chi connectivity index (χ2n) is 7.32. The molecule has 158 valence electrons. The summed E-state index contributed by atoms with van der Waals surface area (Å²) in [5.41, 5.74) is 6.17. The molecule has 8 heteroatoms. The molecule has 0 aliphatic carbocycles. The zero-order chi connectivity index (χ0) is 21.7. The van der Waals surface area contributed by atoms with Crippen molar-refractivity contribution in [3.63, 3.8) is 0 Å². The Balaban J connectivity index is 1.57. The molecule has 3 rings (SSSR count). The minimum Gasteiger partial charge on any atom is -0.494 e. The van der Waals surface area contributed by atoms with E-state index in [0.717, 1.165) is 40.2 Å². The van der Waals surface area contributed by atoms with Crippen LogP contribution in [0.5, 0.6) is 5.75 Å². The summed E-state index contributed by atoms with van der Waals surface area (Å²) in [6.45, 7) is 8.11. The van der Waals surface area contributed by atoms with Crippen LogP contribution in [0.4, 0.5) is 5.69 Å². The van der Waals surface area contributed by atoms with Crippen LogP contribution in [0.3, 0.4) is 0 Å². The molecule has 1 aromatic heterocycles. The van der Waals surface area contributed by atoms with E-state index in [1.165, 1.54) is 17.3 Å². The molecule has 0 fully saturated rings. The van der Waals surface area contributed by atoms with Gasteiger partial charge in [0.2, 0.25) is 11.1 Å². The van der Waals surface area contributed by atoms with Gasteiger partial charge >= 0.3 is 0 Å². The second kappa shape index (κ2) is 9.75. The molecule has 0 saturated carbocycles. The quantitative estimate of drug-likeness (QED) is 0.425. The summed E-state index contributed by atoms with van der Waals surface area (Å²) in [5.74, 6) is 1.46. The molecule has 3 aromatic rings. The van der Waals surface area contributed by atoms with E-state index in [4.69, 9.17) is 4.74 Å². The van der Waals surface area contributed by atoms with E-state index in [1.54, 1.807) is 11.8 Å². The first-order valence-electron chi connectivity index (χ1n) is 9.83. The van der Waals surface area contributed by atoms with Crippen LogP contribution < -0.4 is 10.1 Å². The van der Waals surface area contributed by atoms with E-state index in [1.807, 2.05) is 39.0 Å². The molecule has 0 spiro atoms. The van der Waals surface area contributed by atoms with Gasteiger partial charge < -0.3 is 10.1 Å². The van der Waals surface area contributed by atoms with Gasteiger partial charge in [-0.1, -0.05) is 35.5 Å². The number of ether oxygens (including phenoxy) is 1. The van der Waals surface area contributed by atoms with E-state index >= 15 is 0 Å². The number of rotatable bonds is 8. The molecule has 0 aliphatic rings. The number of carbonyl (C=O) groups excluding carboxylic acids is 1. The maximum absolute atomic E-state index is 12.4. The number of hydrogen-bond donors (Lipinski definition) is 1. The van der Waals surface area contributed by atoms with Crippen molar-refractivity contribution in [2.75, 3.05) is 18.2 Å². The van der Waals surface area contributed by atoms with Gasteiger partial charge in [0.1, 0.15) is 11.4 Å².